The monoisotopic (exact) mass is 345 g/mol. The average molecular weight is 345 g/mol. The fourth-order valence-corrected chi connectivity index (χ4v) is 2.64. The number of rotatable bonds is 5. The molecule has 0 radical (unpaired) electrons. The Hall–Kier alpha value is -3.40. The fourth-order valence-electron chi connectivity index (χ4n) is 2.64. The van der Waals surface area contributed by atoms with E-state index in [2.05, 4.69) is 5.32 Å². The Bertz CT molecular complexity index is 946. The number of amides is 1. The van der Waals surface area contributed by atoms with Crippen LogP contribution >= 0.6 is 0 Å². The first-order valence-electron chi connectivity index (χ1n) is 8.24. The van der Waals surface area contributed by atoms with E-state index < -0.39 is 0 Å². The second-order valence-electron chi connectivity index (χ2n) is 5.93. The molecule has 4 heteroatoms. The summed E-state index contributed by atoms with van der Waals surface area (Å²) in [5.41, 5.74) is 2.94. The Kier molecular flexibility index (Phi) is 5.13. The molecule has 0 bridgehead atoms. The summed E-state index contributed by atoms with van der Waals surface area (Å²) in [7, 11) is 1.57. The molecule has 3 aromatic rings. The summed E-state index contributed by atoms with van der Waals surface area (Å²) in [5, 5.41) is 2.82. The lowest BCUT2D eigenvalue weighted by atomic mass is 9.97. The molecule has 0 unspecified atom stereocenters. The van der Waals surface area contributed by atoms with Gasteiger partial charge in [0.25, 0.3) is 5.91 Å². The van der Waals surface area contributed by atoms with Crippen molar-refractivity contribution in [2.45, 2.75) is 6.92 Å². The molecule has 0 aliphatic carbocycles. The maximum atomic E-state index is 12.8. The summed E-state index contributed by atoms with van der Waals surface area (Å²) in [6.45, 7) is 1.96. The third-order valence-electron chi connectivity index (χ3n) is 4.06. The molecule has 26 heavy (non-hydrogen) atoms. The van der Waals surface area contributed by atoms with Gasteiger partial charge in [-0.2, -0.15) is 0 Å². The first kappa shape index (κ1) is 17.4. The van der Waals surface area contributed by atoms with Crippen LogP contribution in [0.2, 0.25) is 0 Å². The molecular weight excluding hydrogens is 326 g/mol. The largest absolute Gasteiger partial charge is 0.497 e. The zero-order chi connectivity index (χ0) is 18.5. The highest BCUT2D eigenvalue weighted by Crippen LogP contribution is 2.20. The normalized spacial score (nSPS) is 10.2. The highest BCUT2D eigenvalue weighted by atomic mass is 16.5. The molecular formula is C22H19NO3. The fraction of sp³-hybridized carbons (Fsp3) is 0.0909. The van der Waals surface area contributed by atoms with E-state index in [1.165, 1.54) is 0 Å². The number of methoxy groups -OCH3 is 1. The number of anilines is 1. The number of ketones is 1. The second-order valence-corrected chi connectivity index (χ2v) is 5.93. The molecule has 1 N–H and O–H groups in total. The minimum Gasteiger partial charge on any atom is -0.497 e. The van der Waals surface area contributed by atoms with Gasteiger partial charge in [-0.3, -0.25) is 9.59 Å². The third-order valence-corrected chi connectivity index (χ3v) is 4.06. The standard InChI is InChI=1S/C22H19NO3/c1-15-10-12-16(13-11-15)21(24)19-8-3-4-9-20(19)22(25)23-17-6-5-7-18(14-17)26-2/h3-14H,1-2H3,(H,23,25). The Balaban J connectivity index is 1.89. The number of carbonyl (C=O) groups excluding carboxylic acids is 2. The molecule has 0 fully saturated rings. The van der Waals surface area contributed by atoms with Gasteiger partial charge in [-0.1, -0.05) is 54.1 Å². The van der Waals surface area contributed by atoms with Crippen LogP contribution in [0.25, 0.3) is 0 Å². The summed E-state index contributed by atoms with van der Waals surface area (Å²) < 4.78 is 5.17. The van der Waals surface area contributed by atoms with Gasteiger partial charge in [-0.15, -0.1) is 0 Å². The highest BCUT2D eigenvalue weighted by molar-refractivity contribution is 6.17. The summed E-state index contributed by atoms with van der Waals surface area (Å²) in [5.74, 6) is 0.127. The molecule has 3 rings (SSSR count). The van der Waals surface area contributed by atoms with Crippen molar-refractivity contribution in [1.82, 2.24) is 0 Å². The molecule has 0 atom stereocenters. The first-order chi connectivity index (χ1) is 12.6. The Morgan fingerprint density at radius 1 is 0.846 bits per heavy atom. The molecule has 1 amide bonds. The van der Waals surface area contributed by atoms with Crippen molar-refractivity contribution in [3.8, 4) is 5.75 Å². The van der Waals surface area contributed by atoms with Crippen LogP contribution < -0.4 is 10.1 Å². The van der Waals surface area contributed by atoms with Crippen molar-refractivity contribution in [2.75, 3.05) is 12.4 Å². The smallest absolute Gasteiger partial charge is 0.256 e. The van der Waals surface area contributed by atoms with Gasteiger partial charge in [-0.25, -0.2) is 0 Å². The lowest BCUT2D eigenvalue weighted by molar-refractivity contribution is 0.0996. The number of ether oxygens (including phenoxy) is 1. The van der Waals surface area contributed by atoms with Gasteiger partial charge in [0, 0.05) is 22.9 Å². The topological polar surface area (TPSA) is 55.4 Å². The molecule has 0 heterocycles. The minimum absolute atomic E-state index is 0.179. The number of benzene rings is 3. The van der Waals surface area contributed by atoms with Crippen molar-refractivity contribution in [3.05, 3.63) is 95.1 Å². The predicted molar refractivity (Wildman–Crippen MR) is 102 cm³/mol. The van der Waals surface area contributed by atoms with E-state index in [4.69, 9.17) is 4.74 Å². The van der Waals surface area contributed by atoms with Crippen LogP contribution in [0.4, 0.5) is 5.69 Å². The predicted octanol–water partition coefficient (Wildman–Crippen LogP) is 4.49. The number of carbonyl (C=O) groups is 2. The van der Waals surface area contributed by atoms with Gasteiger partial charge in [0.1, 0.15) is 5.75 Å². The van der Waals surface area contributed by atoms with Crippen molar-refractivity contribution >= 4 is 17.4 Å². The second kappa shape index (κ2) is 7.66. The lowest BCUT2D eigenvalue weighted by Gasteiger charge is -2.10. The van der Waals surface area contributed by atoms with Crippen molar-refractivity contribution in [3.63, 3.8) is 0 Å². The van der Waals surface area contributed by atoms with Crippen LogP contribution in [-0.4, -0.2) is 18.8 Å². The summed E-state index contributed by atoms with van der Waals surface area (Å²) >= 11 is 0. The molecule has 130 valence electrons. The van der Waals surface area contributed by atoms with E-state index >= 15 is 0 Å². The quantitative estimate of drug-likeness (QED) is 0.693. The van der Waals surface area contributed by atoms with Gasteiger partial charge < -0.3 is 10.1 Å². The zero-order valence-electron chi connectivity index (χ0n) is 14.7. The van der Waals surface area contributed by atoms with Gasteiger partial charge in [0.15, 0.2) is 5.78 Å². The van der Waals surface area contributed by atoms with Crippen molar-refractivity contribution in [2.24, 2.45) is 0 Å². The number of aryl methyl sites for hydroxylation is 1. The number of nitrogens with one attached hydrogen (secondary N) is 1. The Morgan fingerprint density at radius 2 is 1.54 bits per heavy atom. The van der Waals surface area contributed by atoms with E-state index in [0.717, 1.165) is 5.56 Å². The van der Waals surface area contributed by atoms with Crippen LogP contribution in [0.3, 0.4) is 0 Å². The van der Waals surface area contributed by atoms with E-state index in [1.54, 1.807) is 67.8 Å². The first-order valence-corrected chi connectivity index (χ1v) is 8.24. The van der Waals surface area contributed by atoms with Gasteiger partial charge in [-0.05, 0) is 25.1 Å². The molecule has 0 saturated heterocycles. The number of hydrogen-bond acceptors (Lipinski definition) is 3. The Morgan fingerprint density at radius 3 is 2.23 bits per heavy atom. The summed E-state index contributed by atoms with van der Waals surface area (Å²) in [4.78, 5) is 25.6. The van der Waals surface area contributed by atoms with Gasteiger partial charge in [0.05, 0.1) is 12.7 Å². The molecule has 4 nitrogen and oxygen atoms in total. The van der Waals surface area contributed by atoms with Crippen molar-refractivity contribution in [1.29, 1.82) is 0 Å². The van der Waals surface area contributed by atoms with Crippen LogP contribution in [0.5, 0.6) is 5.75 Å². The molecule has 0 aromatic heterocycles. The van der Waals surface area contributed by atoms with Crippen LogP contribution in [-0.2, 0) is 0 Å². The van der Waals surface area contributed by atoms with Gasteiger partial charge >= 0.3 is 0 Å². The average Bonchev–Trinajstić information content (AvgIpc) is 2.68. The van der Waals surface area contributed by atoms with E-state index in [1.807, 2.05) is 19.1 Å². The van der Waals surface area contributed by atoms with Crippen LogP contribution in [0.15, 0.2) is 72.8 Å². The summed E-state index contributed by atoms with van der Waals surface area (Å²) in [6, 6.07) is 21.2. The zero-order valence-corrected chi connectivity index (χ0v) is 14.7. The minimum atomic E-state index is -0.339. The lowest BCUT2D eigenvalue weighted by Crippen LogP contribution is -2.17. The third kappa shape index (κ3) is 3.81. The van der Waals surface area contributed by atoms with Crippen molar-refractivity contribution < 1.29 is 14.3 Å². The molecule has 0 aliphatic heterocycles. The maximum Gasteiger partial charge on any atom is 0.256 e. The molecule has 0 aliphatic rings. The molecule has 0 spiro atoms. The van der Waals surface area contributed by atoms with E-state index in [0.29, 0.717) is 28.1 Å². The Labute approximate surface area is 152 Å². The van der Waals surface area contributed by atoms with E-state index in [-0.39, 0.29) is 11.7 Å². The molecule has 3 aromatic carbocycles. The maximum absolute atomic E-state index is 12.8. The van der Waals surface area contributed by atoms with Gasteiger partial charge in [0.2, 0.25) is 0 Å². The SMILES string of the molecule is COc1cccc(NC(=O)c2ccccc2C(=O)c2ccc(C)cc2)c1. The molecule has 0 saturated carbocycles. The van der Waals surface area contributed by atoms with Crippen LogP contribution in [0, 0.1) is 6.92 Å². The number of hydrogen-bond donors (Lipinski definition) is 1. The van der Waals surface area contributed by atoms with E-state index in [9.17, 15) is 9.59 Å². The highest BCUT2D eigenvalue weighted by Gasteiger charge is 2.18. The summed E-state index contributed by atoms with van der Waals surface area (Å²) in [6.07, 6.45) is 0. The van der Waals surface area contributed by atoms with Crippen LogP contribution in [0.1, 0.15) is 31.8 Å².